The van der Waals surface area contributed by atoms with E-state index in [9.17, 15) is 0 Å². The molecule has 0 bridgehead atoms. The van der Waals surface area contributed by atoms with Crippen LogP contribution in [0.1, 0.15) is 6.92 Å². The van der Waals surface area contributed by atoms with Crippen molar-refractivity contribution in [2.45, 2.75) is 6.92 Å². The molecule has 34 valence electrons. The molecule has 0 aliphatic carbocycles. The number of hydrogen-bond donors (Lipinski definition) is 1. The summed E-state index contributed by atoms with van der Waals surface area (Å²) < 4.78 is 2.75. The molecule has 6 heavy (non-hydrogen) atoms. The largest absolute Gasteiger partial charge is 0.252 e. The van der Waals surface area contributed by atoms with Crippen LogP contribution in [0.2, 0.25) is 0 Å². The lowest BCUT2D eigenvalue weighted by molar-refractivity contribution is 1.04. The highest BCUT2D eigenvalue weighted by atomic mass is 32.2. The second kappa shape index (κ2) is 4.80. The zero-order chi connectivity index (χ0) is 4.83. The Kier molecular flexibility index (Phi) is 4.64. The van der Waals surface area contributed by atoms with E-state index >= 15 is 0 Å². The van der Waals surface area contributed by atoms with Gasteiger partial charge in [-0.1, -0.05) is 6.92 Å². The van der Waals surface area contributed by atoms with Gasteiger partial charge in [0, 0.05) is 18.5 Å². The van der Waals surface area contributed by atoms with Crippen LogP contribution in [0.3, 0.4) is 0 Å². The van der Waals surface area contributed by atoms with Crippen LogP contribution in [-0.2, 0) is 0 Å². The summed E-state index contributed by atoms with van der Waals surface area (Å²) in [6.45, 7) is 2.79. The van der Waals surface area contributed by atoms with E-state index in [4.69, 9.17) is 5.26 Å². The summed E-state index contributed by atoms with van der Waals surface area (Å²) in [7, 11) is 0. The third-order valence-corrected chi connectivity index (χ3v) is 0.786. The Balaban J connectivity index is 2.54. The van der Waals surface area contributed by atoms with Crippen LogP contribution in [0, 0.1) is 10.7 Å². The highest BCUT2D eigenvalue weighted by Gasteiger charge is 1.70. The summed E-state index contributed by atoms with van der Waals surface area (Å²) >= 11 is 1.06. The molecule has 3 heteroatoms. The monoisotopic (exact) mass is 102 g/mol. The van der Waals surface area contributed by atoms with Crippen LogP contribution in [0.15, 0.2) is 0 Å². The van der Waals surface area contributed by atoms with Crippen LogP contribution in [0.4, 0.5) is 0 Å². The molecule has 1 N–H and O–H groups in total. The fourth-order valence-electron chi connectivity index (χ4n) is 0.104. The van der Waals surface area contributed by atoms with Gasteiger partial charge in [0.2, 0.25) is 0 Å². The van der Waals surface area contributed by atoms with E-state index in [0.29, 0.717) is 0 Å². The number of nitrogens with zero attached hydrogens (tertiary/aromatic N) is 1. The lowest BCUT2D eigenvalue weighted by atomic mass is 10.8. The highest BCUT2D eigenvalue weighted by molar-refractivity contribution is 8.01. The van der Waals surface area contributed by atoms with Gasteiger partial charge in [-0.3, -0.25) is 4.72 Å². The Labute approximate surface area is 41.7 Å². The molecular weight excluding hydrogens is 96.1 g/mol. The maximum absolute atomic E-state index is 7.85. The first-order chi connectivity index (χ1) is 2.91. The Bertz CT molecular complexity index is 56.3. The van der Waals surface area contributed by atoms with Gasteiger partial charge in [0.1, 0.15) is 5.40 Å². The average molecular weight is 102 g/mol. The summed E-state index contributed by atoms with van der Waals surface area (Å²) in [5.74, 6) is 0. The zero-order valence-electron chi connectivity index (χ0n) is 3.56. The molecule has 0 aliphatic rings. The van der Waals surface area contributed by atoms with Gasteiger partial charge in [-0.2, -0.15) is 5.26 Å². The number of nitriles is 1. The number of thiocyanates is 1. The lowest BCUT2D eigenvalue weighted by Crippen LogP contribution is -1.97. The van der Waals surface area contributed by atoms with Crippen molar-refractivity contribution in [1.29, 1.82) is 5.26 Å². The molecule has 2 nitrogen and oxygen atoms in total. The minimum atomic E-state index is 0.845. The van der Waals surface area contributed by atoms with Crippen molar-refractivity contribution in [2.24, 2.45) is 0 Å². The third-order valence-electron chi connectivity index (χ3n) is 0.262. The number of hydrogen-bond acceptors (Lipinski definition) is 3. The topological polar surface area (TPSA) is 35.8 Å². The minimum Gasteiger partial charge on any atom is -0.252 e. The predicted molar refractivity (Wildman–Crippen MR) is 26.9 cm³/mol. The maximum Gasteiger partial charge on any atom is 0.149 e. The second-order valence-corrected chi connectivity index (χ2v) is 1.37. The normalized spacial score (nSPS) is 7.33. The van der Waals surface area contributed by atoms with Crippen LogP contribution in [0.25, 0.3) is 0 Å². The first-order valence-corrected chi connectivity index (χ1v) is 2.51. The van der Waals surface area contributed by atoms with Crippen molar-refractivity contribution in [3.8, 4) is 5.40 Å². The summed E-state index contributed by atoms with van der Waals surface area (Å²) in [5, 5.41) is 9.72. The van der Waals surface area contributed by atoms with Crippen LogP contribution in [0.5, 0.6) is 0 Å². The molecule has 0 fully saturated rings. The van der Waals surface area contributed by atoms with E-state index in [1.54, 1.807) is 0 Å². The van der Waals surface area contributed by atoms with Gasteiger partial charge in [0.15, 0.2) is 0 Å². The van der Waals surface area contributed by atoms with Gasteiger partial charge in [-0.05, 0) is 0 Å². The Morgan fingerprint density at radius 2 is 2.67 bits per heavy atom. The third kappa shape index (κ3) is 3.80. The molecular formula is C3H6N2S. The Morgan fingerprint density at radius 3 is 2.83 bits per heavy atom. The smallest absolute Gasteiger partial charge is 0.149 e. The molecule has 0 rings (SSSR count). The summed E-state index contributed by atoms with van der Waals surface area (Å²) in [4.78, 5) is 0. The SMILES string of the molecule is CCNSC#N. The maximum atomic E-state index is 7.85. The molecule has 0 unspecified atom stereocenters. The zero-order valence-corrected chi connectivity index (χ0v) is 4.38. The van der Waals surface area contributed by atoms with Crippen molar-refractivity contribution in [3.63, 3.8) is 0 Å². The summed E-state index contributed by atoms with van der Waals surface area (Å²) in [5.41, 5.74) is 0. The van der Waals surface area contributed by atoms with Crippen molar-refractivity contribution < 1.29 is 0 Å². The standard InChI is InChI=1S/C3H6N2S/c1-2-5-6-3-4/h5H,2H2,1H3. The molecule has 0 radical (unpaired) electrons. The second-order valence-electron chi connectivity index (χ2n) is 0.691. The molecule has 0 spiro atoms. The summed E-state index contributed by atoms with van der Waals surface area (Å²) in [6, 6.07) is 0. The van der Waals surface area contributed by atoms with Crippen molar-refractivity contribution >= 4 is 11.9 Å². The van der Waals surface area contributed by atoms with Crippen LogP contribution >= 0.6 is 11.9 Å². The molecule has 0 amide bonds. The molecule has 0 aromatic rings. The van der Waals surface area contributed by atoms with E-state index in [2.05, 4.69) is 4.72 Å². The average Bonchev–Trinajstić information content (AvgIpc) is 1.61. The first-order valence-electron chi connectivity index (χ1n) is 1.69. The van der Waals surface area contributed by atoms with Crippen LogP contribution < -0.4 is 4.72 Å². The fraction of sp³-hybridized carbons (Fsp3) is 0.667. The van der Waals surface area contributed by atoms with Gasteiger partial charge in [-0.25, -0.2) is 0 Å². The molecule has 0 saturated carbocycles. The fourth-order valence-corrected chi connectivity index (χ4v) is 0.313. The molecule has 0 aliphatic heterocycles. The lowest BCUT2D eigenvalue weighted by Gasteiger charge is -1.82. The minimum absolute atomic E-state index is 0.845. The van der Waals surface area contributed by atoms with Gasteiger partial charge in [-0.15, -0.1) is 0 Å². The van der Waals surface area contributed by atoms with Crippen molar-refractivity contribution in [3.05, 3.63) is 0 Å². The molecule has 0 atom stereocenters. The van der Waals surface area contributed by atoms with E-state index in [1.165, 1.54) is 0 Å². The van der Waals surface area contributed by atoms with Gasteiger partial charge >= 0.3 is 0 Å². The van der Waals surface area contributed by atoms with Gasteiger partial charge in [0.25, 0.3) is 0 Å². The Hall–Kier alpha value is -0.200. The number of nitrogens with one attached hydrogen (secondary N) is 1. The molecule has 0 heterocycles. The van der Waals surface area contributed by atoms with Gasteiger partial charge in [0.05, 0.1) is 0 Å². The Morgan fingerprint density at radius 1 is 2.00 bits per heavy atom. The van der Waals surface area contributed by atoms with E-state index < -0.39 is 0 Å². The van der Waals surface area contributed by atoms with Crippen LogP contribution in [-0.4, -0.2) is 6.54 Å². The number of rotatable bonds is 2. The predicted octanol–water partition coefficient (Wildman–Crippen LogP) is 0.725. The van der Waals surface area contributed by atoms with E-state index in [-0.39, 0.29) is 0 Å². The quantitative estimate of drug-likeness (QED) is 0.317. The van der Waals surface area contributed by atoms with Crippen molar-refractivity contribution in [2.75, 3.05) is 6.54 Å². The van der Waals surface area contributed by atoms with Gasteiger partial charge < -0.3 is 0 Å². The molecule has 0 saturated heterocycles. The van der Waals surface area contributed by atoms with E-state index in [1.807, 2.05) is 12.3 Å². The highest BCUT2D eigenvalue weighted by Crippen LogP contribution is 1.82. The molecule has 0 aromatic heterocycles. The molecule has 0 aromatic carbocycles. The van der Waals surface area contributed by atoms with E-state index in [0.717, 1.165) is 18.5 Å². The van der Waals surface area contributed by atoms with Crippen molar-refractivity contribution in [1.82, 2.24) is 4.72 Å². The summed E-state index contributed by atoms with van der Waals surface area (Å²) in [6.07, 6.45) is 0. The first kappa shape index (κ1) is 5.80.